The first-order valence-corrected chi connectivity index (χ1v) is 7.81. The van der Waals surface area contributed by atoms with Crippen molar-refractivity contribution in [2.24, 2.45) is 0 Å². The maximum absolute atomic E-state index is 6.17. The fraction of sp³-hybridized carbons (Fsp3) is 0.222. The van der Waals surface area contributed by atoms with Gasteiger partial charge >= 0.3 is 0 Å². The van der Waals surface area contributed by atoms with Gasteiger partial charge in [-0.3, -0.25) is 0 Å². The lowest BCUT2D eigenvalue weighted by Gasteiger charge is -2.21. The number of hydrogen-bond acceptors (Lipinski definition) is 2. The summed E-state index contributed by atoms with van der Waals surface area (Å²) in [5.74, 6) is 1.72. The van der Waals surface area contributed by atoms with Crippen LogP contribution in [0.3, 0.4) is 0 Å². The normalized spacial score (nSPS) is 13.2. The third-order valence-corrected chi connectivity index (χ3v) is 4.12. The zero-order chi connectivity index (χ0) is 15.7. The molecule has 2 aromatic rings. The van der Waals surface area contributed by atoms with Crippen molar-refractivity contribution in [2.45, 2.75) is 13.8 Å². The molecule has 0 N–H and O–H groups in total. The van der Waals surface area contributed by atoms with Gasteiger partial charge in [0, 0.05) is 15.6 Å². The predicted molar refractivity (Wildman–Crippen MR) is 91.3 cm³/mol. The van der Waals surface area contributed by atoms with Crippen LogP contribution in [-0.2, 0) is 0 Å². The van der Waals surface area contributed by atoms with Crippen LogP contribution in [0.1, 0.15) is 16.7 Å². The number of halogens is 2. The molecular weight excluding hydrogens is 319 g/mol. The Labute approximate surface area is 140 Å². The first-order chi connectivity index (χ1) is 10.5. The summed E-state index contributed by atoms with van der Waals surface area (Å²) in [5.41, 5.74) is 4.14. The fourth-order valence-electron chi connectivity index (χ4n) is 2.56. The van der Waals surface area contributed by atoms with E-state index in [-0.39, 0.29) is 0 Å². The van der Waals surface area contributed by atoms with Gasteiger partial charge in [0.25, 0.3) is 0 Å². The van der Waals surface area contributed by atoms with Gasteiger partial charge in [0.05, 0.1) is 0 Å². The van der Waals surface area contributed by atoms with Crippen molar-refractivity contribution >= 4 is 28.8 Å². The molecule has 0 radical (unpaired) electrons. The lowest BCUT2D eigenvalue weighted by atomic mass is 10.0. The molecule has 0 unspecified atom stereocenters. The van der Waals surface area contributed by atoms with E-state index in [9.17, 15) is 0 Å². The highest BCUT2D eigenvalue weighted by Gasteiger charge is 2.17. The lowest BCUT2D eigenvalue weighted by molar-refractivity contribution is 0.340. The Kier molecular flexibility index (Phi) is 4.32. The van der Waals surface area contributed by atoms with E-state index < -0.39 is 0 Å². The molecule has 0 aromatic heterocycles. The van der Waals surface area contributed by atoms with E-state index in [0.29, 0.717) is 23.3 Å². The summed E-state index contributed by atoms with van der Waals surface area (Å²) in [5, 5.41) is 1.42. The molecular formula is C18H16Cl2O2. The number of hydrogen-bond donors (Lipinski definition) is 0. The van der Waals surface area contributed by atoms with Gasteiger partial charge in [-0.1, -0.05) is 23.2 Å². The first-order valence-electron chi connectivity index (χ1n) is 7.06. The largest absolute Gasteiger partial charge is 0.489 e. The molecule has 0 bridgehead atoms. The van der Waals surface area contributed by atoms with Gasteiger partial charge in [0.15, 0.2) is 0 Å². The summed E-state index contributed by atoms with van der Waals surface area (Å²) in [6.45, 7) is 5.00. The molecule has 22 heavy (non-hydrogen) atoms. The minimum atomic E-state index is 0.471. The van der Waals surface area contributed by atoms with Crippen molar-refractivity contribution in [2.75, 3.05) is 13.2 Å². The van der Waals surface area contributed by atoms with E-state index in [1.165, 1.54) is 0 Å². The van der Waals surface area contributed by atoms with Crippen LogP contribution in [0.2, 0.25) is 10.0 Å². The van der Waals surface area contributed by atoms with E-state index in [4.69, 9.17) is 32.7 Å². The predicted octanol–water partition coefficient (Wildman–Crippen LogP) is 5.47. The van der Waals surface area contributed by atoms with Gasteiger partial charge in [0.2, 0.25) is 0 Å². The van der Waals surface area contributed by atoms with Crippen molar-refractivity contribution in [3.63, 3.8) is 0 Å². The molecule has 1 aliphatic heterocycles. The van der Waals surface area contributed by atoms with Gasteiger partial charge in [0.1, 0.15) is 24.7 Å². The second kappa shape index (κ2) is 6.23. The molecule has 0 saturated heterocycles. The molecule has 3 rings (SSSR count). The van der Waals surface area contributed by atoms with Crippen LogP contribution >= 0.6 is 23.2 Å². The minimum Gasteiger partial charge on any atom is -0.489 e. The highest BCUT2D eigenvalue weighted by Crippen LogP contribution is 2.36. The van der Waals surface area contributed by atoms with Crippen LogP contribution < -0.4 is 9.47 Å². The standard InChI is InChI=1S/C18H16Cl2O2/c1-11-7-14(19)3-4-17(11)22-10-13-5-6-21-18-12(2)8-15(20)9-16(13)18/h3-5,7-9H,6,10H2,1-2H3. The molecule has 0 saturated carbocycles. The number of rotatable bonds is 3. The topological polar surface area (TPSA) is 18.5 Å². The van der Waals surface area contributed by atoms with Gasteiger partial charge < -0.3 is 9.47 Å². The van der Waals surface area contributed by atoms with E-state index in [1.54, 1.807) is 0 Å². The second-order valence-corrected chi connectivity index (χ2v) is 6.21. The Hall–Kier alpha value is -1.64. The molecule has 4 heteroatoms. The monoisotopic (exact) mass is 334 g/mol. The van der Waals surface area contributed by atoms with Gasteiger partial charge in [-0.05, 0) is 67.0 Å². The minimum absolute atomic E-state index is 0.471. The lowest BCUT2D eigenvalue weighted by Crippen LogP contribution is -2.11. The Bertz CT molecular complexity index is 751. The van der Waals surface area contributed by atoms with E-state index in [2.05, 4.69) is 0 Å². The molecule has 1 aliphatic rings. The third-order valence-electron chi connectivity index (χ3n) is 3.66. The summed E-state index contributed by atoms with van der Waals surface area (Å²) in [4.78, 5) is 0. The maximum atomic E-state index is 6.17. The zero-order valence-electron chi connectivity index (χ0n) is 12.5. The number of ether oxygens (including phenoxy) is 2. The molecule has 0 amide bonds. The van der Waals surface area contributed by atoms with E-state index >= 15 is 0 Å². The Balaban J connectivity index is 1.84. The van der Waals surface area contributed by atoms with Crippen LogP contribution in [0.4, 0.5) is 0 Å². The molecule has 0 aliphatic carbocycles. The van der Waals surface area contributed by atoms with Gasteiger partial charge in [-0.2, -0.15) is 0 Å². The molecule has 2 aromatic carbocycles. The van der Waals surface area contributed by atoms with Gasteiger partial charge in [-0.25, -0.2) is 0 Å². The Morgan fingerprint density at radius 2 is 1.82 bits per heavy atom. The molecule has 0 spiro atoms. The molecule has 1 heterocycles. The summed E-state index contributed by atoms with van der Waals surface area (Å²) >= 11 is 12.1. The molecule has 0 fully saturated rings. The van der Waals surface area contributed by atoms with Crippen molar-refractivity contribution in [1.82, 2.24) is 0 Å². The Morgan fingerprint density at radius 1 is 1.05 bits per heavy atom. The van der Waals surface area contributed by atoms with Crippen LogP contribution in [0.5, 0.6) is 11.5 Å². The SMILES string of the molecule is Cc1cc(Cl)ccc1OCC1=CCOc2c(C)cc(Cl)cc21. The van der Waals surface area contributed by atoms with Crippen molar-refractivity contribution in [3.8, 4) is 11.5 Å². The Morgan fingerprint density at radius 3 is 2.59 bits per heavy atom. The highest BCUT2D eigenvalue weighted by atomic mass is 35.5. The van der Waals surface area contributed by atoms with Crippen LogP contribution in [0.25, 0.3) is 5.57 Å². The number of aryl methyl sites for hydroxylation is 2. The fourth-order valence-corrected chi connectivity index (χ4v) is 3.06. The molecule has 2 nitrogen and oxygen atoms in total. The van der Waals surface area contributed by atoms with E-state index in [1.807, 2.05) is 50.3 Å². The van der Waals surface area contributed by atoms with Crippen molar-refractivity contribution < 1.29 is 9.47 Å². The van der Waals surface area contributed by atoms with Crippen LogP contribution in [0, 0.1) is 13.8 Å². The summed E-state index contributed by atoms with van der Waals surface area (Å²) in [6, 6.07) is 9.45. The molecule has 0 atom stereocenters. The third kappa shape index (κ3) is 3.08. The number of fused-ring (bicyclic) bond motifs is 1. The van der Waals surface area contributed by atoms with Gasteiger partial charge in [-0.15, -0.1) is 0 Å². The number of benzene rings is 2. The summed E-state index contributed by atoms with van der Waals surface area (Å²) in [7, 11) is 0. The maximum Gasteiger partial charge on any atom is 0.130 e. The summed E-state index contributed by atoms with van der Waals surface area (Å²) < 4.78 is 11.7. The second-order valence-electron chi connectivity index (χ2n) is 5.34. The van der Waals surface area contributed by atoms with Crippen LogP contribution in [-0.4, -0.2) is 13.2 Å². The first kappa shape index (κ1) is 15.3. The van der Waals surface area contributed by atoms with Crippen molar-refractivity contribution in [1.29, 1.82) is 0 Å². The quantitative estimate of drug-likeness (QED) is 0.741. The zero-order valence-corrected chi connectivity index (χ0v) is 14.0. The van der Waals surface area contributed by atoms with E-state index in [0.717, 1.165) is 33.8 Å². The van der Waals surface area contributed by atoms with Crippen LogP contribution in [0.15, 0.2) is 36.4 Å². The average molecular weight is 335 g/mol. The van der Waals surface area contributed by atoms with Crippen molar-refractivity contribution in [3.05, 3.63) is 63.1 Å². The molecule has 114 valence electrons. The summed E-state index contributed by atoms with van der Waals surface area (Å²) in [6.07, 6.45) is 2.03. The average Bonchev–Trinajstić information content (AvgIpc) is 2.46. The highest BCUT2D eigenvalue weighted by molar-refractivity contribution is 6.31. The smallest absolute Gasteiger partial charge is 0.130 e.